The van der Waals surface area contributed by atoms with E-state index in [1.54, 1.807) is 0 Å². The highest BCUT2D eigenvalue weighted by atomic mass is 32.2. The summed E-state index contributed by atoms with van der Waals surface area (Å²) in [7, 11) is -2.81. The first-order valence-corrected chi connectivity index (χ1v) is 8.17. The second-order valence-electron chi connectivity index (χ2n) is 5.80. The van der Waals surface area contributed by atoms with Crippen LogP contribution in [0.15, 0.2) is 0 Å². The summed E-state index contributed by atoms with van der Waals surface area (Å²) in [5.74, 6) is -0.252. The van der Waals surface area contributed by atoms with E-state index in [0.29, 0.717) is 19.5 Å². The number of nitrogens with zero attached hydrogens (tertiary/aromatic N) is 1. The Hall–Kier alpha value is -0.620. The first kappa shape index (κ1) is 15.4. The van der Waals surface area contributed by atoms with Crippen molar-refractivity contribution in [1.29, 1.82) is 0 Å². The summed E-state index contributed by atoms with van der Waals surface area (Å²) in [6.07, 6.45) is 1.76. The van der Waals surface area contributed by atoms with E-state index < -0.39 is 15.8 Å². The van der Waals surface area contributed by atoms with Crippen LogP contribution in [-0.4, -0.2) is 55.5 Å². The molecule has 0 spiro atoms. The van der Waals surface area contributed by atoms with Crippen molar-refractivity contribution >= 4 is 15.8 Å². The van der Waals surface area contributed by atoms with E-state index in [1.807, 2.05) is 0 Å². The Kier molecular flexibility index (Phi) is 5.16. The third-order valence-corrected chi connectivity index (χ3v) is 5.17. The molecule has 0 aromatic heterocycles. The molecular weight excluding hydrogens is 254 g/mol. The molecule has 1 aliphatic heterocycles. The first-order valence-electron chi connectivity index (χ1n) is 6.35. The average Bonchev–Trinajstić information content (AvgIpc) is 2.25. The maximum Gasteiger partial charge on any atom is 0.303 e. The van der Waals surface area contributed by atoms with Crippen molar-refractivity contribution in [3.05, 3.63) is 0 Å². The van der Waals surface area contributed by atoms with E-state index in [4.69, 9.17) is 5.11 Å². The van der Waals surface area contributed by atoms with Gasteiger partial charge in [-0.1, -0.05) is 13.8 Å². The van der Waals surface area contributed by atoms with Gasteiger partial charge in [0.25, 0.3) is 0 Å². The average molecular weight is 277 g/mol. The van der Waals surface area contributed by atoms with Crippen molar-refractivity contribution in [2.75, 3.05) is 31.1 Å². The van der Waals surface area contributed by atoms with Gasteiger partial charge in [-0.15, -0.1) is 0 Å². The first-order chi connectivity index (χ1) is 8.20. The lowest BCUT2D eigenvalue weighted by molar-refractivity contribution is -0.137. The fourth-order valence-electron chi connectivity index (χ4n) is 2.00. The molecular formula is C12H23NO4S. The summed E-state index contributed by atoms with van der Waals surface area (Å²) in [5.41, 5.74) is -0.00525. The highest BCUT2D eigenvalue weighted by Gasteiger charge is 2.24. The van der Waals surface area contributed by atoms with Gasteiger partial charge in [-0.05, 0) is 24.8 Å². The monoisotopic (exact) mass is 277 g/mol. The zero-order chi connectivity index (χ0) is 13.8. The molecule has 0 atom stereocenters. The van der Waals surface area contributed by atoms with Crippen LogP contribution in [0.2, 0.25) is 0 Å². The molecule has 6 heteroatoms. The fraction of sp³-hybridized carbons (Fsp3) is 0.917. The van der Waals surface area contributed by atoms with Crippen LogP contribution in [0.4, 0.5) is 0 Å². The molecule has 106 valence electrons. The molecule has 1 N–H and O–H groups in total. The number of carboxylic acids is 1. The third-order valence-electron chi connectivity index (χ3n) is 3.56. The minimum atomic E-state index is -2.81. The van der Waals surface area contributed by atoms with Gasteiger partial charge < -0.3 is 10.0 Å². The fourth-order valence-corrected chi connectivity index (χ4v) is 3.28. The minimum absolute atomic E-state index is 0.00525. The molecule has 0 radical (unpaired) electrons. The van der Waals surface area contributed by atoms with Crippen LogP contribution in [0.3, 0.4) is 0 Å². The zero-order valence-electron chi connectivity index (χ0n) is 11.2. The molecule has 0 unspecified atom stereocenters. The van der Waals surface area contributed by atoms with Gasteiger partial charge >= 0.3 is 5.97 Å². The summed E-state index contributed by atoms with van der Waals surface area (Å²) in [6.45, 7) is 6.20. The summed E-state index contributed by atoms with van der Waals surface area (Å²) in [5, 5.41) is 8.67. The van der Waals surface area contributed by atoms with Crippen LogP contribution >= 0.6 is 0 Å². The standard InChI is InChI=1S/C12H23NO4S/c1-12(2,4-3-11(14)15)5-6-13-7-9-18(16,17)10-8-13/h3-10H2,1-2H3,(H,14,15). The molecule has 0 aromatic carbocycles. The van der Waals surface area contributed by atoms with E-state index in [0.717, 1.165) is 13.0 Å². The van der Waals surface area contributed by atoms with Gasteiger partial charge in [0.05, 0.1) is 11.5 Å². The minimum Gasteiger partial charge on any atom is -0.481 e. The normalized spacial score (nSPS) is 20.8. The Bertz CT molecular complexity index is 375. The van der Waals surface area contributed by atoms with Crippen LogP contribution in [-0.2, 0) is 14.6 Å². The summed E-state index contributed by atoms with van der Waals surface area (Å²) in [4.78, 5) is 12.7. The lowest BCUT2D eigenvalue weighted by Crippen LogP contribution is -2.41. The Morgan fingerprint density at radius 2 is 1.78 bits per heavy atom. The van der Waals surface area contributed by atoms with Crippen molar-refractivity contribution in [2.24, 2.45) is 5.41 Å². The quantitative estimate of drug-likeness (QED) is 0.784. The Balaban J connectivity index is 2.30. The molecule has 0 aliphatic carbocycles. The van der Waals surface area contributed by atoms with E-state index in [2.05, 4.69) is 18.7 Å². The Morgan fingerprint density at radius 1 is 1.22 bits per heavy atom. The lowest BCUT2D eigenvalue weighted by Gasteiger charge is -2.31. The predicted molar refractivity (Wildman–Crippen MR) is 70.4 cm³/mol. The number of hydrogen-bond donors (Lipinski definition) is 1. The van der Waals surface area contributed by atoms with Crippen LogP contribution in [0.1, 0.15) is 33.1 Å². The largest absolute Gasteiger partial charge is 0.481 e. The van der Waals surface area contributed by atoms with Gasteiger partial charge in [-0.2, -0.15) is 0 Å². The second-order valence-corrected chi connectivity index (χ2v) is 8.11. The van der Waals surface area contributed by atoms with E-state index in [9.17, 15) is 13.2 Å². The van der Waals surface area contributed by atoms with E-state index in [-0.39, 0.29) is 23.3 Å². The molecule has 0 aromatic rings. The van der Waals surface area contributed by atoms with Gasteiger partial charge in [-0.3, -0.25) is 4.79 Å². The van der Waals surface area contributed by atoms with Crippen molar-refractivity contribution in [2.45, 2.75) is 33.1 Å². The number of carboxylic acid groups (broad SMARTS) is 1. The number of carbonyl (C=O) groups is 1. The van der Waals surface area contributed by atoms with Crippen molar-refractivity contribution < 1.29 is 18.3 Å². The molecule has 0 amide bonds. The third kappa shape index (κ3) is 5.82. The molecule has 1 saturated heterocycles. The summed E-state index contributed by atoms with van der Waals surface area (Å²) < 4.78 is 22.6. The molecule has 1 fully saturated rings. The number of rotatable bonds is 6. The smallest absolute Gasteiger partial charge is 0.303 e. The SMILES string of the molecule is CC(C)(CCC(=O)O)CCN1CCS(=O)(=O)CC1. The molecule has 18 heavy (non-hydrogen) atoms. The van der Waals surface area contributed by atoms with Crippen LogP contribution in [0, 0.1) is 5.41 Å². The van der Waals surface area contributed by atoms with Gasteiger partial charge in [-0.25, -0.2) is 8.42 Å². The molecule has 0 bridgehead atoms. The zero-order valence-corrected chi connectivity index (χ0v) is 12.0. The second kappa shape index (κ2) is 6.02. The van der Waals surface area contributed by atoms with Crippen molar-refractivity contribution in [3.8, 4) is 0 Å². The Morgan fingerprint density at radius 3 is 2.28 bits per heavy atom. The predicted octanol–water partition coefficient (Wildman–Crippen LogP) is 0.998. The van der Waals surface area contributed by atoms with Crippen molar-refractivity contribution in [1.82, 2.24) is 4.90 Å². The molecule has 1 rings (SSSR count). The lowest BCUT2D eigenvalue weighted by atomic mass is 9.84. The molecule has 0 saturated carbocycles. The number of aliphatic carboxylic acids is 1. The van der Waals surface area contributed by atoms with Gasteiger partial charge in [0.1, 0.15) is 0 Å². The molecule has 1 aliphatic rings. The summed E-state index contributed by atoms with van der Waals surface area (Å²) in [6, 6.07) is 0. The van der Waals surface area contributed by atoms with Crippen LogP contribution < -0.4 is 0 Å². The summed E-state index contributed by atoms with van der Waals surface area (Å²) >= 11 is 0. The van der Waals surface area contributed by atoms with Gasteiger partial charge in [0.2, 0.25) is 0 Å². The van der Waals surface area contributed by atoms with Crippen LogP contribution in [0.5, 0.6) is 0 Å². The number of sulfone groups is 1. The maximum absolute atomic E-state index is 11.3. The van der Waals surface area contributed by atoms with Crippen molar-refractivity contribution in [3.63, 3.8) is 0 Å². The van der Waals surface area contributed by atoms with E-state index >= 15 is 0 Å². The highest BCUT2D eigenvalue weighted by Crippen LogP contribution is 2.27. The highest BCUT2D eigenvalue weighted by molar-refractivity contribution is 7.91. The van der Waals surface area contributed by atoms with E-state index in [1.165, 1.54) is 0 Å². The topological polar surface area (TPSA) is 74.7 Å². The van der Waals surface area contributed by atoms with Gasteiger partial charge in [0.15, 0.2) is 9.84 Å². The Labute approximate surface area is 109 Å². The number of hydrogen-bond acceptors (Lipinski definition) is 4. The maximum atomic E-state index is 11.3. The molecule has 1 heterocycles. The van der Waals surface area contributed by atoms with Crippen LogP contribution in [0.25, 0.3) is 0 Å². The molecule has 5 nitrogen and oxygen atoms in total. The van der Waals surface area contributed by atoms with Gasteiger partial charge in [0, 0.05) is 19.5 Å².